The topological polar surface area (TPSA) is 90.1 Å². The standard InChI is InChI=1S/C22H28N6O2/c1-15-7-8-19-16(12-15)13-18(22(29)23-19)20(27-9-3-2-4-10-27)21-24-25-26-28(21)14-17-6-5-11-30-17/h7-8,12-13,17,20H,2-6,9-11,14H2,1H3,(H,23,29)/p+1/t17-,20+/m0/s1. The van der Waals surface area contributed by atoms with Crippen molar-refractivity contribution in [1.29, 1.82) is 0 Å². The Bertz CT molecular complexity index is 1080. The van der Waals surface area contributed by atoms with Crippen molar-refractivity contribution in [2.45, 2.75) is 57.7 Å². The lowest BCUT2D eigenvalue weighted by Crippen LogP contribution is -3.13. The second-order valence-corrected chi connectivity index (χ2v) is 8.65. The average molecular weight is 410 g/mol. The summed E-state index contributed by atoms with van der Waals surface area (Å²) in [5.41, 5.74) is 2.72. The Morgan fingerprint density at radius 3 is 2.90 bits per heavy atom. The van der Waals surface area contributed by atoms with Gasteiger partial charge in [0.25, 0.3) is 5.56 Å². The fourth-order valence-electron chi connectivity index (χ4n) is 4.92. The summed E-state index contributed by atoms with van der Waals surface area (Å²) in [5, 5.41) is 13.7. The average Bonchev–Trinajstić information content (AvgIpc) is 3.43. The zero-order valence-electron chi connectivity index (χ0n) is 17.4. The molecule has 0 aliphatic carbocycles. The van der Waals surface area contributed by atoms with E-state index in [-0.39, 0.29) is 17.7 Å². The zero-order valence-corrected chi connectivity index (χ0v) is 17.4. The summed E-state index contributed by atoms with van der Waals surface area (Å²) < 4.78 is 7.68. The van der Waals surface area contributed by atoms with Crippen molar-refractivity contribution in [3.05, 3.63) is 51.6 Å². The fourth-order valence-corrected chi connectivity index (χ4v) is 4.92. The minimum absolute atomic E-state index is 0.0545. The molecule has 2 aliphatic rings. The molecule has 158 valence electrons. The Morgan fingerprint density at radius 1 is 1.23 bits per heavy atom. The number of nitrogens with zero attached hydrogens (tertiary/aromatic N) is 4. The molecule has 3 aromatic rings. The fraction of sp³-hybridized carbons (Fsp3) is 0.545. The Balaban J connectivity index is 1.60. The normalized spacial score (nSPS) is 21.3. The van der Waals surface area contributed by atoms with E-state index >= 15 is 0 Å². The molecular formula is C22H29N6O2+. The van der Waals surface area contributed by atoms with Gasteiger partial charge in [-0.15, -0.1) is 5.10 Å². The Kier molecular flexibility index (Phi) is 5.35. The number of hydrogen-bond donors (Lipinski definition) is 2. The molecule has 0 bridgehead atoms. The molecule has 2 aromatic heterocycles. The number of aromatic nitrogens is 5. The van der Waals surface area contributed by atoms with Crippen molar-refractivity contribution in [2.75, 3.05) is 19.7 Å². The number of aromatic amines is 1. The van der Waals surface area contributed by atoms with Gasteiger partial charge in [0.15, 0.2) is 6.04 Å². The van der Waals surface area contributed by atoms with Crippen LogP contribution in [0.2, 0.25) is 0 Å². The van der Waals surface area contributed by atoms with Crippen LogP contribution in [-0.4, -0.2) is 51.0 Å². The predicted octanol–water partition coefficient (Wildman–Crippen LogP) is 1.16. The van der Waals surface area contributed by atoms with Crippen molar-refractivity contribution in [3.63, 3.8) is 0 Å². The van der Waals surface area contributed by atoms with Crippen molar-refractivity contribution >= 4 is 10.9 Å². The lowest BCUT2D eigenvalue weighted by Gasteiger charge is -2.30. The molecular weight excluding hydrogens is 380 g/mol. The van der Waals surface area contributed by atoms with E-state index in [4.69, 9.17) is 4.74 Å². The van der Waals surface area contributed by atoms with Gasteiger partial charge in [-0.3, -0.25) is 4.79 Å². The van der Waals surface area contributed by atoms with Crippen molar-refractivity contribution in [1.82, 2.24) is 25.2 Å². The number of hydrogen-bond acceptors (Lipinski definition) is 5. The minimum Gasteiger partial charge on any atom is -0.376 e. The van der Waals surface area contributed by atoms with Crippen LogP contribution in [0.4, 0.5) is 0 Å². The van der Waals surface area contributed by atoms with Crippen LogP contribution in [0.25, 0.3) is 10.9 Å². The molecule has 2 N–H and O–H groups in total. The first kappa shape index (κ1) is 19.4. The highest BCUT2D eigenvalue weighted by Crippen LogP contribution is 2.21. The molecule has 2 aliphatic heterocycles. The molecule has 8 nitrogen and oxygen atoms in total. The van der Waals surface area contributed by atoms with Crippen molar-refractivity contribution in [3.8, 4) is 0 Å². The van der Waals surface area contributed by atoms with Gasteiger partial charge in [0.2, 0.25) is 5.82 Å². The molecule has 0 amide bonds. The summed E-state index contributed by atoms with van der Waals surface area (Å²) >= 11 is 0. The Hall–Kier alpha value is -2.58. The number of pyridine rings is 1. The predicted molar refractivity (Wildman–Crippen MR) is 112 cm³/mol. The van der Waals surface area contributed by atoms with E-state index in [0.717, 1.165) is 67.7 Å². The minimum atomic E-state index is -0.185. The maximum Gasteiger partial charge on any atom is 0.258 e. The van der Waals surface area contributed by atoms with Gasteiger partial charge in [0, 0.05) is 12.1 Å². The van der Waals surface area contributed by atoms with Gasteiger partial charge >= 0.3 is 0 Å². The second kappa shape index (κ2) is 8.28. The van der Waals surface area contributed by atoms with Crippen LogP contribution in [0.3, 0.4) is 0 Å². The van der Waals surface area contributed by atoms with E-state index in [1.165, 1.54) is 16.9 Å². The highest BCUT2D eigenvalue weighted by atomic mass is 16.5. The number of tetrazole rings is 1. The number of aryl methyl sites for hydroxylation is 1. The molecule has 2 fully saturated rings. The first-order chi connectivity index (χ1) is 14.7. The molecule has 1 aromatic carbocycles. The first-order valence-electron chi connectivity index (χ1n) is 11.0. The summed E-state index contributed by atoms with van der Waals surface area (Å²) in [7, 11) is 0. The smallest absolute Gasteiger partial charge is 0.258 e. The van der Waals surface area contributed by atoms with Crippen molar-refractivity contribution < 1.29 is 9.64 Å². The monoisotopic (exact) mass is 409 g/mol. The summed E-state index contributed by atoms with van der Waals surface area (Å²) in [6.07, 6.45) is 5.79. The number of likely N-dealkylation sites (tertiary alicyclic amines) is 1. The number of piperidine rings is 1. The van der Waals surface area contributed by atoms with Crippen LogP contribution >= 0.6 is 0 Å². The number of rotatable bonds is 5. The van der Waals surface area contributed by atoms with E-state index in [9.17, 15) is 4.79 Å². The van der Waals surface area contributed by atoms with Gasteiger partial charge in [-0.05, 0) is 73.0 Å². The lowest BCUT2D eigenvalue weighted by atomic mass is 10.00. The van der Waals surface area contributed by atoms with Gasteiger partial charge in [-0.2, -0.15) is 0 Å². The van der Waals surface area contributed by atoms with E-state index < -0.39 is 0 Å². The quantitative estimate of drug-likeness (QED) is 0.660. The lowest BCUT2D eigenvalue weighted by molar-refractivity contribution is -0.931. The molecule has 0 radical (unpaired) electrons. The highest BCUT2D eigenvalue weighted by Gasteiger charge is 2.35. The van der Waals surface area contributed by atoms with Crippen LogP contribution < -0.4 is 10.5 Å². The molecule has 30 heavy (non-hydrogen) atoms. The second-order valence-electron chi connectivity index (χ2n) is 8.65. The summed E-state index contributed by atoms with van der Waals surface area (Å²) in [6.45, 7) is 5.54. The number of benzene rings is 1. The number of quaternary nitrogens is 1. The summed E-state index contributed by atoms with van der Waals surface area (Å²) in [4.78, 5) is 17.6. The number of fused-ring (bicyclic) bond motifs is 1. The number of nitrogens with one attached hydrogen (secondary N) is 2. The third-order valence-corrected chi connectivity index (χ3v) is 6.46. The van der Waals surface area contributed by atoms with E-state index in [1.54, 1.807) is 0 Å². The van der Waals surface area contributed by atoms with Gasteiger partial charge in [0.05, 0.1) is 31.3 Å². The SMILES string of the molecule is Cc1ccc2[nH]c(=O)c([C@H](c3nnnn3C[C@@H]3CCCO3)[NH+]3CCCCC3)cc2c1. The maximum absolute atomic E-state index is 13.2. The van der Waals surface area contributed by atoms with Crippen LogP contribution in [0.1, 0.15) is 55.1 Å². The molecule has 2 saturated heterocycles. The first-order valence-corrected chi connectivity index (χ1v) is 11.0. The van der Waals surface area contributed by atoms with Crippen LogP contribution in [0.5, 0.6) is 0 Å². The molecule has 0 unspecified atom stereocenters. The summed E-state index contributed by atoms with van der Waals surface area (Å²) in [6, 6.07) is 7.97. The molecule has 0 spiro atoms. The van der Waals surface area contributed by atoms with E-state index in [1.807, 2.05) is 22.9 Å². The third kappa shape index (κ3) is 3.77. The van der Waals surface area contributed by atoms with Gasteiger partial charge < -0.3 is 14.6 Å². The molecule has 0 saturated carbocycles. The maximum atomic E-state index is 13.2. The Labute approximate surface area is 175 Å². The molecule has 2 atom stereocenters. The third-order valence-electron chi connectivity index (χ3n) is 6.46. The van der Waals surface area contributed by atoms with Gasteiger partial charge in [-0.1, -0.05) is 11.6 Å². The van der Waals surface area contributed by atoms with Crippen LogP contribution in [0, 0.1) is 6.92 Å². The van der Waals surface area contributed by atoms with Crippen LogP contribution in [-0.2, 0) is 11.3 Å². The van der Waals surface area contributed by atoms with Crippen molar-refractivity contribution in [2.24, 2.45) is 0 Å². The molecule has 4 heterocycles. The van der Waals surface area contributed by atoms with Gasteiger partial charge in [0.1, 0.15) is 0 Å². The van der Waals surface area contributed by atoms with E-state index in [2.05, 4.69) is 33.5 Å². The van der Waals surface area contributed by atoms with E-state index in [0.29, 0.717) is 6.54 Å². The van der Waals surface area contributed by atoms with Crippen LogP contribution in [0.15, 0.2) is 29.1 Å². The van der Waals surface area contributed by atoms with Gasteiger partial charge in [-0.25, -0.2) is 4.68 Å². The molecule has 8 heteroatoms. The largest absolute Gasteiger partial charge is 0.376 e. The molecule has 5 rings (SSSR count). The Morgan fingerprint density at radius 2 is 2.10 bits per heavy atom. The zero-order chi connectivity index (χ0) is 20.5. The number of H-pyrrole nitrogens is 1. The summed E-state index contributed by atoms with van der Waals surface area (Å²) in [5.74, 6) is 0.764. The highest BCUT2D eigenvalue weighted by molar-refractivity contribution is 5.79. The number of ether oxygens (including phenoxy) is 1.